The first-order valence-electron chi connectivity index (χ1n) is 10.5. The van der Waals surface area contributed by atoms with Crippen molar-refractivity contribution in [3.63, 3.8) is 0 Å². The molecule has 0 spiro atoms. The molecule has 1 atom stereocenters. The average molecular weight is 439 g/mol. The fourth-order valence-corrected chi connectivity index (χ4v) is 4.49. The van der Waals surface area contributed by atoms with Crippen LogP contribution in [0, 0.1) is 0 Å². The molecular weight excluding hydrogens is 408 g/mol. The molecule has 0 aliphatic carbocycles. The van der Waals surface area contributed by atoms with Crippen LogP contribution >= 0.6 is 11.8 Å². The summed E-state index contributed by atoms with van der Waals surface area (Å²) in [5.74, 6) is 0.583. The van der Waals surface area contributed by atoms with Crippen molar-refractivity contribution in [3.05, 3.63) is 71.8 Å². The summed E-state index contributed by atoms with van der Waals surface area (Å²) in [6.07, 6.45) is 7.89. The molecule has 2 aromatic carbocycles. The van der Waals surface area contributed by atoms with Crippen LogP contribution in [0.3, 0.4) is 0 Å². The number of nitrogens with zero attached hydrogens (tertiary/aromatic N) is 2. The van der Waals surface area contributed by atoms with Gasteiger partial charge in [0.2, 0.25) is 5.91 Å². The molecule has 2 amide bonds. The first-order chi connectivity index (χ1) is 15.1. The smallest absolute Gasteiger partial charge is 0.254 e. The third-order valence-corrected chi connectivity index (χ3v) is 6.42. The van der Waals surface area contributed by atoms with E-state index in [0.29, 0.717) is 24.4 Å². The van der Waals surface area contributed by atoms with Gasteiger partial charge in [-0.1, -0.05) is 30.4 Å². The number of hydrogen-bond donors (Lipinski definition) is 0. The van der Waals surface area contributed by atoms with Gasteiger partial charge in [0, 0.05) is 23.5 Å². The SMILES string of the molecule is C/C=C/CC[C@H]1CN(C(=O)c2ccc(OC)cc2)CC(=O)N1Cc1ccccc1SC. The van der Waals surface area contributed by atoms with Gasteiger partial charge in [-0.25, -0.2) is 0 Å². The van der Waals surface area contributed by atoms with Crippen LogP contribution in [0.4, 0.5) is 0 Å². The highest BCUT2D eigenvalue weighted by Crippen LogP contribution is 2.26. The van der Waals surface area contributed by atoms with Crippen LogP contribution in [0.5, 0.6) is 5.75 Å². The molecule has 0 radical (unpaired) electrons. The highest BCUT2D eigenvalue weighted by molar-refractivity contribution is 7.98. The van der Waals surface area contributed by atoms with Gasteiger partial charge in [0.1, 0.15) is 12.3 Å². The Morgan fingerprint density at radius 1 is 1.19 bits per heavy atom. The average Bonchev–Trinajstić information content (AvgIpc) is 2.81. The Kier molecular flexibility index (Phi) is 8.18. The van der Waals surface area contributed by atoms with Crippen LogP contribution in [0.2, 0.25) is 0 Å². The molecule has 2 aromatic rings. The Morgan fingerprint density at radius 3 is 2.61 bits per heavy atom. The second-order valence-corrected chi connectivity index (χ2v) is 8.40. The maximum atomic E-state index is 13.2. The van der Waals surface area contributed by atoms with Crippen LogP contribution in [0.1, 0.15) is 35.7 Å². The highest BCUT2D eigenvalue weighted by Gasteiger charge is 2.34. The third-order valence-electron chi connectivity index (χ3n) is 5.58. The lowest BCUT2D eigenvalue weighted by Crippen LogP contribution is -2.57. The molecule has 0 saturated carbocycles. The minimum atomic E-state index is -0.115. The van der Waals surface area contributed by atoms with E-state index in [1.54, 1.807) is 48.0 Å². The number of methoxy groups -OCH3 is 1. The van der Waals surface area contributed by atoms with Gasteiger partial charge in [-0.05, 0) is 61.9 Å². The van der Waals surface area contributed by atoms with Gasteiger partial charge in [-0.15, -0.1) is 11.8 Å². The van der Waals surface area contributed by atoms with Crippen LogP contribution in [-0.4, -0.2) is 54.1 Å². The maximum Gasteiger partial charge on any atom is 0.254 e. The molecule has 0 N–H and O–H groups in total. The summed E-state index contributed by atoms with van der Waals surface area (Å²) in [5, 5.41) is 0. The van der Waals surface area contributed by atoms with E-state index in [9.17, 15) is 9.59 Å². The standard InChI is InChI=1S/C25H30N2O3S/c1-4-5-6-10-21-17-26(25(29)19-12-14-22(30-2)15-13-19)18-24(28)27(21)16-20-9-7-8-11-23(20)31-3/h4-5,7-9,11-15,21H,6,10,16-18H2,1-3H3/b5-4+/t21-/m0/s1. The quantitative estimate of drug-likeness (QED) is 0.446. The molecule has 1 fully saturated rings. The zero-order valence-electron chi connectivity index (χ0n) is 18.4. The van der Waals surface area contributed by atoms with E-state index in [4.69, 9.17) is 4.74 Å². The monoisotopic (exact) mass is 438 g/mol. The molecule has 0 bridgehead atoms. The van der Waals surface area contributed by atoms with Gasteiger partial charge in [0.05, 0.1) is 13.2 Å². The minimum absolute atomic E-state index is 0.00510. The molecule has 31 heavy (non-hydrogen) atoms. The third kappa shape index (κ3) is 5.70. The summed E-state index contributed by atoms with van der Waals surface area (Å²) in [6, 6.07) is 15.2. The molecule has 0 unspecified atom stereocenters. The van der Waals surface area contributed by atoms with Crippen molar-refractivity contribution in [2.24, 2.45) is 0 Å². The Labute approximate surface area is 189 Å². The highest BCUT2D eigenvalue weighted by atomic mass is 32.2. The van der Waals surface area contributed by atoms with Crippen molar-refractivity contribution >= 4 is 23.6 Å². The van der Waals surface area contributed by atoms with Crippen molar-refractivity contribution in [2.75, 3.05) is 26.5 Å². The fraction of sp³-hybridized carbons (Fsp3) is 0.360. The zero-order chi connectivity index (χ0) is 22.2. The van der Waals surface area contributed by atoms with E-state index in [0.717, 1.165) is 18.4 Å². The molecule has 0 aromatic heterocycles. The van der Waals surface area contributed by atoms with Gasteiger partial charge in [0.15, 0.2) is 0 Å². The molecule has 3 rings (SSSR count). The largest absolute Gasteiger partial charge is 0.497 e. The topological polar surface area (TPSA) is 49.9 Å². The Hall–Kier alpha value is -2.73. The van der Waals surface area contributed by atoms with Gasteiger partial charge < -0.3 is 14.5 Å². The molecule has 5 nitrogen and oxygen atoms in total. The second-order valence-electron chi connectivity index (χ2n) is 7.55. The minimum Gasteiger partial charge on any atom is -0.497 e. The predicted octanol–water partition coefficient (Wildman–Crippen LogP) is 4.63. The second kappa shape index (κ2) is 11.0. The molecular formula is C25H30N2O3S. The maximum absolute atomic E-state index is 13.2. The van der Waals surface area contributed by atoms with Crippen LogP contribution in [0.25, 0.3) is 0 Å². The van der Waals surface area contributed by atoms with Gasteiger partial charge >= 0.3 is 0 Å². The van der Waals surface area contributed by atoms with E-state index in [1.165, 1.54) is 4.90 Å². The number of rotatable bonds is 8. The lowest BCUT2D eigenvalue weighted by atomic mass is 10.0. The van der Waals surface area contributed by atoms with E-state index < -0.39 is 0 Å². The number of thioether (sulfide) groups is 1. The first-order valence-corrected chi connectivity index (χ1v) is 11.8. The molecule has 1 aliphatic rings. The Balaban J connectivity index is 1.80. The first kappa shape index (κ1) is 22.9. The van der Waals surface area contributed by atoms with E-state index in [1.807, 2.05) is 30.0 Å². The molecule has 164 valence electrons. The Bertz CT molecular complexity index is 927. The Morgan fingerprint density at radius 2 is 1.94 bits per heavy atom. The number of carbonyl (C=O) groups excluding carboxylic acids is 2. The summed E-state index contributed by atoms with van der Waals surface area (Å²) in [5.41, 5.74) is 1.72. The van der Waals surface area contributed by atoms with Crippen molar-refractivity contribution in [1.82, 2.24) is 9.80 Å². The van der Waals surface area contributed by atoms with E-state index in [2.05, 4.69) is 24.5 Å². The van der Waals surface area contributed by atoms with Crippen LogP contribution < -0.4 is 4.74 Å². The van der Waals surface area contributed by atoms with Crippen molar-refractivity contribution < 1.29 is 14.3 Å². The van der Waals surface area contributed by atoms with Gasteiger partial charge in [-0.3, -0.25) is 9.59 Å². The molecule has 1 aliphatic heterocycles. The molecule has 6 heteroatoms. The van der Waals surface area contributed by atoms with Crippen LogP contribution in [0.15, 0.2) is 65.6 Å². The van der Waals surface area contributed by atoms with Gasteiger partial charge in [-0.2, -0.15) is 0 Å². The lowest BCUT2D eigenvalue weighted by molar-refractivity contribution is -0.139. The zero-order valence-corrected chi connectivity index (χ0v) is 19.2. The predicted molar refractivity (Wildman–Crippen MR) is 126 cm³/mol. The summed E-state index contributed by atoms with van der Waals surface area (Å²) in [4.78, 5) is 31.1. The van der Waals surface area contributed by atoms with Crippen molar-refractivity contribution in [1.29, 1.82) is 0 Å². The van der Waals surface area contributed by atoms with Crippen molar-refractivity contribution in [3.8, 4) is 5.75 Å². The fourth-order valence-electron chi connectivity index (χ4n) is 3.88. The van der Waals surface area contributed by atoms with Crippen molar-refractivity contribution in [2.45, 2.75) is 37.2 Å². The van der Waals surface area contributed by atoms with Gasteiger partial charge in [0.25, 0.3) is 5.91 Å². The summed E-state index contributed by atoms with van der Waals surface area (Å²) >= 11 is 1.69. The summed E-state index contributed by atoms with van der Waals surface area (Å²) < 4.78 is 5.18. The number of amides is 2. The summed E-state index contributed by atoms with van der Waals surface area (Å²) in [7, 11) is 1.60. The summed E-state index contributed by atoms with van der Waals surface area (Å²) in [6.45, 7) is 3.21. The number of piperazine rings is 1. The van der Waals surface area contributed by atoms with E-state index in [-0.39, 0.29) is 24.4 Å². The normalized spacial score (nSPS) is 16.7. The van der Waals surface area contributed by atoms with E-state index >= 15 is 0 Å². The number of carbonyl (C=O) groups is 2. The van der Waals surface area contributed by atoms with Crippen LogP contribution in [-0.2, 0) is 11.3 Å². The number of hydrogen-bond acceptors (Lipinski definition) is 4. The number of ether oxygens (including phenoxy) is 1. The lowest BCUT2D eigenvalue weighted by Gasteiger charge is -2.41. The molecule has 1 heterocycles. The number of allylic oxidation sites excluding steroid dienone is 2. The number of benzene rings is 2. The molecule has 1 saturated heterocycles.